The number of likely N-dealkylation sites (tertiary alicyclic amines) is 2. The summed E-state index contributed by atoms with van der Waals surface area (Å²) in [7, 11) is 0. The van der Waals surface area contributed by atoms with Gasteiger partial charge < -0.3 is 0 Å². The number of hydrogen-bond acceptors (Lipinski definition) is 4. The van der Waals surface area contributed by atoms with Crippen LogP contribution in [0.5, 0.6) is 0 Å². The lowest BCUT2D eigenvalue weighted by molar-refractivity contribution is -0.145. The molecule has 2 saturated heterocycles. The Balaban J connectivity index is 2.33. The van der Waals surface area contributed by atoms with Crippen LogP contribution in [-0.4, -0.2) is 44.5 Å². The molecular weight excluding hydrogens is 332 g/mol. The third-order valence-corrected chi connectivity index (χ3v) is 5.36. The maximum absolute atomic E-state index is 13.0. The van der Waals surface area contributed by atoms with Gasteiger partial charge in [0.05, 0.1) is 11.8 Å². The molecule has 0 aliphatic carbocycles. The maximum atomic E-state index is 13.0. The van der Waals surface area contributed by atoms with Crippen molar-refractivity contribution in [2.24, 2.45) is 17.8 Å². The first-order valence-corrected chi connectivity index (χ1v) is 9.54. The fourth-order valence-electron chi connectivity index (χ4n) is 4.41. The van der Waals surface area contributed by atoms with E-state index in [4.69, 9.17) is 0 Å². The minimum absolute atomic E-state index is 0.133. The van der Waals surface area contributed by atoms with E-state index in [1.165, 1.54) is 9.80 Å². The van der Waals surface area contributed by atoms with Crippen LogP contribution in [0.3, 0.4) is 0 Å². The van der Waals surface area contributed by atoms with Crippen molar-refractivity contribution in [1.29, 1.82) is 0 Å². The van der Waals surface area contributed by atoms with Crippen LogP contribution < -0.4 is 0 Å². The fraction of sp³-hybridized carbons (Fsp3) is 0.800. The Morgan fingerprint density at radius 3 is 1.38 bits per heavy atom. The highest BCUT2D eigenvalue weighted by Gasteiger charge is 2.53. The highest BCUT2D eigenvalue weighted by Crippen LogP contribution is 2.42. The molecular formula is C20H32N2O4. The van der Waals surface area contributed by atoms with Crippen LogP contribution in [0.1, 0.15) is 74.1 Å². The van der Waals surface area contributed by atoms with E-state index in [2.05, 4.69) is 0 Å². The Labute approximate surface area is 156 Å². The molecule has 2 atom stereocenters. The minimum atomic E-state index is -0.577. The van der Waals surface area contributed by atoms with Crippen LogP contribution in [-0.2, 0) is 19.2 Å². The van der Waals surface area contributed by atoms with Crippen LogP contribution in [0.15, 0.2) is 0 Å². The Morgan fingerprint density at radius 1 is 0.808 bits per heavy atom. The lowest BCUT2D eigenvalue weighted by atomic mass is 9.76. The van der Waals surface area contributed by atoms with E-state index in [-0.39, 0.29) is 42.4 Å². The number of carbonyl (C=O) groups excluding carboxylic acids is 4. The summed E-state index contributed by atoms with van der Waals surface area (Å²) in [5.74, 6) is -2.05. The van der Waals surface area contributed by atoms with Crippen LogP contribution in [0.25, 0.3) is 0 Å². The first kappa shape index (κ1) is 20.6. The first-order valence-electron chi connectivity index (χ1n) is 9.54. The quantitative estimate of drug-likeness (QED) is 0.719. The van der Waals surface area contributed by atoms with Crippen molar-refractivity contribution in [2.75, 3.05) is 0 Å². The molecule has 4 amide bonds. The van der Waals surface area contributed by atoms with E-state index >= 15 is 0 Å². The Morgan fingerprint density at radius 2 is 1.15 bits per heavy atom. The summed E-state index contributed by atoms with van der Waals surface area (Å²) in [6, 6.07) is 0. The van der Waals surface area contributed by atoms with Gasteiger partial charge in [-0.25, -0.2) is 0 Å². The number of hydrogen-bond donors (Lipinski definition) is 0. The van der Waals surface area contributed by atoms with E-state index in [9.17, 15) is 19.2 Å². The summed E-state index contributed by atoms with van der Waals surface area (Å²) in [4.78, 5) is 53.6. The second-order valence-electron chi connectivity index (χ2n) is 9.55. The molecule has 0 saturated carbocycles. The van der Waals surface area contributed by atoms with Crippen LogP contribution >= 0.6 is 0 Å². The SMILES string of the molecule is CCCC(C1CC(=O)N(C(C)(C)C)C1=O)C1CC(=O)N(C(C)(C)C)C1=O. The minimum Gasteiger partial charge on any atom is -0.277 e. The first-order chi connectivity index (χ1) is 11.8. The topological polar surface area (TPSA) is 74.8 Å². The normalized spacial score (nSPS) is 26.3. The number of imide groups is 2. The van der Waals surface area contributed by atoms with E-state index < -0.39 is 22.9 Å². The van der Waals surface area contributed by atoms with Gasteiger partial charge in [0.2, 0.25) is 23.6 Å². The average Bonchev–Trinajstić information content (AvgIpc) is 2.91. The molecule has 2 aliphatic heterocycles. The number of nitrogens with zero attached hydrogens (tertiary/aromatic N) is 2. The molecule has 0 bridgehead atoms. The van der Waals surface area contributed by atoms with Crippen LogP contribution in [0, 0.1) is 17.8 Å². The van der Waals surface area contributed by atoms with Crippen molar-refractivity contribution >= 4 is 23.6 Å². The number of amides is 4. The number of carbonyl (C=O) groups is 4. The standard InChI is InChI=1S/C20H32N2O4/c1-8-9-12(13-10-15(23)21(17(13)25)19(2,3)4)14-11-16(24)22(18(14)26)20(5,6)7/h12-14H,8-11H2,1-7H3. The molecule has 6 nitrogen and oxygen atoms in total. The highest BCUT2D eigenvalue weighted by molar-refractivity contribution is 6.07. The van der Waals surface area contributed by atoms with Crippen LogP contribution in [0.2, 0.25) is 0 Å². The number of rotatable bonds is 4. The molecule has 0 aromatic rings. The molecule has 26 heavy (non-hydrogen) atoms. The molecule has 2 fully saturated rings. The summed E-state index contributed by atoms with van der Waals surface area (Å²) >= 11 is 0. The molecule has 146 valence electrons. The molecule has 2 aliphatic rings. The van der Waals surface area contributed by atoms with Crippen molar-refractivity contribution in [1.82, 2.24) is 9.80 Å². The largest absolute Gasteiger partial charge is 0.277 e. The predicted octanol–water partition coefficient (Wildman–Crippen LogP) is 2.75. The molecule has 2 rings (SSSR count). The second kappa shape index (κ2) is 6.78. The molecule has 6 heteroatoms. The molecule has 0 radical (unpaired) electrons. The summed E-state index contributed by atoms with van der Waals surface area (Å²) in [6.45, 7) is 13.0. The molecule has 2 heterocycles. The summed E-state index contributed by atoms with van der Waals surface area (Å²) in [5.41, 5.74) is -1.15. The highest BCUT2D eigenvalue weighted by atomic mass is 16.2. The monoisotopic (exact) mass is 364 g/mol. The van der Waals surface area contributed by atoms with Crippen molar-refractivity contribution in [2.45, 2.75) is 85.2 Å². The Kier molecular flexibility index (Phi) is 5.37. The Bertz CT molecular complexity index is 575. The van der Waals surface area contributed by atoms with Gasteiger partial charge in [0.1, 0.15) is 0 Å². The van der Waals surface area contributed by atoms with Crippen molar-refractivity contribution < 1.29 is 19.2 Å². The van der Waals surface area contributed by atoms with E-state index in [1.807, 2.05) is 48.5 Å². The van der Waals surface area contributed by atoms with Gasteiger partial charge in [-0.15, -0.1) is 0 Å². The third kappa shape index (κ3) is 3.55. The zero-order valence-corrected chi connectivity index (χ0v) is 17.1. The zero-order valence-electron chi connectivity index (χ0n) is 17.1. The summed E-state index contributed by atoms with van der Waals surface area (Å²) < 4.78 is 0. The molecule has 0 spiro atoms. The average molecular weight is 364 g/mol. The summed E-state index contributed by atoms with van der Waals surface area (Å²) in [5, 5.41) is 0. The molecule has 0 aromatic heterocycles. The van der Waals surface area contributed by atoms with Gasteiger partial charge in [0, 0.05) is 23.9 Å². The van der Waals surface area contributed by atoms with Crippen molar-refractivity contribution in [3.05, 3.63) is 0 Å². The fourth-order valence-corrected chi connectivity index (χ4v) is 4.41. The molecule has 2 unspecified atom stereocenters. The Hall–Kier alpha value is -1.72. The summed E-state index contributed by atoms with van der Waals surface area (Å²) in [6.07, 6.45) is 1.72. The van der Waals surface area contributed by atoms with E-state index in [0.717, 1.165) is 6.42 Å². The second-order valence-corrected chi connectivity index (χ2v) is 9.55. The van der Waals surface area contributed by atoms with Gasteiger partial charge in [-0.05, 0) is 53.9 Å². The van der Waals surface area contributed by atoms with Crippen molar-refractivity contribution in [3.8, 4) is 0 Å². The van der Waals surface area contributed by atoms with Gasteiger partial charge in [0.25, 0.3) is 0 Å². The smallest absolute Gasteiger partial charge is 0.233 e. The maximum Gasteiger partial charge on any atom is 0.233 e. The molecule has 0 aromatic carbocycles. The van der Waals surface area contributed by atoms with Gasteiger partial charge in [-0.2, -0.15) is 0 Å². The predicted molar refractivity (Wildman–Crippen MR) is 97.8 cm³/mol. The van der Waals surface area contributed by atoms with E-state index in [0.29, 0.717) is 6.42 Å². The lowest BCUT2D eigenvalue weighted by Gasteiger charge is -2.33. The van der Waals surface area contributed by atoms with Crippen molar-refractivity contribution in [3.63, 3.8) is 0 Å². The van der Waals surface area contributed by atoms with Gasteiger partial charge in [-0.1, -0.05) is 13.3 Å². The van der Waals surface area contributed by atoms with Crippen LogP contribution in [0.4, 0.5) is 0 Å². The lowest BCUT2D eigenvalue weighted by Crippen LogP contribution is -2.47. The zero-order chi connectivity index (χ0) is 20.0. The van der Waals surface area contributed by atoms with Gasteiger partial charge in [-0.3, -0.25) is 29.0 Å². The van der Waals surface area contributed by atoms with E-state index in [1.54, 1.807) is 0 Å². The van der Waals surface area contributed by atoms with Gasteiger partial charge >= 0.3 is 0 Å². The third-order valence-electron chi connectivity index (χ3n) is 5.36. The van der Waals surface area contributed by atoms with Gasteiger partial charge in [0.15, 0.2) is 0 Å². The molecule has 0 N–H and O–H groups in total.